The Kier molecular flexibility index (Phi) is 5.16. The smallest absolute Gasteiger partial charge is 0.242 e. The van der Waals surface area contributed by atoms with Crippen LogP contribution in [0.5, 0.6) is 0 Å². The van der Waals surface area contributed by atoms with Gasteiger partial charge in [-0.2, -0.15) is 0 Å². The Labute approximate surface area is 124 Å². The highest BCUT2D eigenvalue weighted by Gasteiger charge is 2.16. The van der Waals surface area contributed by atoms with Gasteiger partial charge in [0.1, 0.15) is 5.82 Å². The molecule has 0 radical (unpaired) electrons. The van der Waals surface area contributed by atoms with Crippen molar-refractivity contribution in [1.29, 1.82) is 0 Å². The van der Waals surface area contributed by atoms with Crippen molar-refractivity contribution < 1.29 is 8.42 Å². The van der Waals surface area contributed by atoms with Gasteiger partial charge in [-0.15, -0.1) is 0 Å². The molecule has 116 valence electrons. The van der Waals surface area contributed by atoms with Crippen LogP contribution < -0.4 is 10.0 Å². The third kappa shape index (κ3) is 4.16. The maximum Gasteiger partial charge on any atom is 0.242 e. The lowest BCUT2D eigenvalue weighted by Gasteiger charge is -2.05. The molecule has 0 unspecified atom stereocenters. The van der Waals surface area contributed by atoms with Crippen molar-refractivity contribution in [3.8, 4) is 0 Å². The zero-order valence-electron chi connectivity index (χ0n) is 12.3. The fourth-order valence-electron chi connectivity index (χ4n) is 1.89. The van der Waals surface area contributed by atoms with Crippen LogP contribution in [-0.4, -0.2) is 29.5 Å². The van der Waals surface area contributed by atoms with E-state index in [1.54, 1.807) is 23.0 Å². The van der Waals surface area contributed by atoms with E-state index >= 15 is 0 Å². The number of aromatic nitrogens is 3. The van der Waals surface area contributed by atoms with Crippen LogP contribution >= 0.6 is 0 Å². The second-order valence-electron chi connectivity index (χ2n) is 4.82. The topological polar surface area (TPSA) is 91.8 Å². The summed E-state index contributed by atoms with van der Waals surface area (Å²) in [6, 6.07) is 1.64. The predicted octanol–water partition coefficient (Wildman–Crippen LogP) is 0.726. The summed E-state index contributed by atoms with van der Waals surface area (Å²) in [5.74, 6) is 0.666. The first kappa shape index (κ1) is 15.7. The minimum absolute atomic E-state index is 0.167. The standard InChI is InChI=1S/C13H21N5O2S/c1-3-4-14-8-11-7-12(9-16-11)21(19,20)17-10-13-15-5-6-18(13)2/h5-7,9,14,16-17H,3-4,8,10H2,1-2H3. The van der Waals surface area contributed by atoms with Gasteiger partial charge in [0.25, 0.3) is 0 Å². The van der Waals surface area contributed by atoms with Gasteiger partial charge in [-0.05, 0) is 19.0 Å². The maximum atomic E-state index is 12.2. The lowest BCUT2D eigenvalue weighted by atomic mass is 10.4. The van der Waals surface area contributed by atoms with Crippen LogP contribution in [0.1, 0.15) is 24.9 Å². The van der Waals surface area contributed by atoms with Gasteiger partial charge >= 0.3 is 0 Å². The van der Waals surface area contributed by atoms with E-state index in [1.807, 2.05) is 7.05 Å². The summed E-state index contributed by atoms with van der Waals surface area (Å²) in [4.78, 5) is 7.30. The SMILES string of the molecule is CCCNCc1cc(S(=O)(=O)NCc2nccn2C)c[nH]1. The van der Waals surface area contributed by atoms with Crippen LogP contribution in [0.25, 0.3) is 0 Å². The number of nitrogens with one attached hydrogen (secondary N) is 3. The molecule has 8 heteroatoms. The van der Waals surface area contributed by atoms with Gasteiger partial charge in [0.2, 0.25) is 10.0 Å². The molecule has 0 aliphatic rings. The van der Waals surface area contributed by atoms with E-state index in [0.29, 0.717) is 12.4 Å². The van der Waals surface area contributed by atoms with Gasteiger partial charge < -0.3 is 14.9 Å². The number of aromatic amines is 1. The van der Waals surface area contributed by atoms with Gasteiger partial charge in [-0.3, -0.25) is 0 Å². The molecule has 0 bridgehead atoms. The molecule has 0 aliphatic carbocycles. The number of nitrogens with zero attached hydrogens (tertiary/aromatic N) is 2. The normalized spacial score (nSPS) is 11.9. The zero-order valence-corrected chi connectivity index (χ0v) is 13.1. The number of aryl methyl sites for hydroxylation is 1. The molecule has 7 nitrogen and oxygen atoms in total. The molecule has 0 spiro atoms. The minimum atomic E-state index is -3.53. The summed E-state index contributed by atoms with van der Waals surface area (Å²) in [7, 11) is -1.70. The lowest BCUT2D eigenvalue weighted by Crippen LogP contribution is -2.24. The quantitative estimate of drug-likeness (QED) is 0.627. The van der Waals surface area contributed by atoms with E-state index in [9.17, 15) is 8.42 Å². The first-order valence-corrected chi connectivity index (χ1v) is 8.35. The third-order valence-corrected chi connectivity index (χ3v) is 4.49. The molecule has 0 atom stereocenters. The van der Waals surface area contributed by atoms with Crippen LogP contribution in [0.4, 0.5) is 0 Å². The number of rotatable bonds is 8. The summed E-state index contributed by atoms with van der Waals surface area (Å²) in [5, 5.41) is 3.22. The Balaban J connectivity index is 1.97. The second kappa shape index (κ2) is 6.88. The lowest BCUT2D eigenvalue weighted by molar-refractivity contribution is 0.577. The van der Waals surface area contributed by atoms with Crippen LogP contribution in [0.15, 0.2) is 29.6 Å². The molecule has 0 saturated heterocycles. The Hall–Kier alpha value is -1.64. The van der Waals surface area contributed by atoms with Crippen molar-refractivity contribution >= 4 is 10.0 Å². The van der Waals surface area contributed by atoms with Crippen molar-refractivity contribution in [2.45, 2.75) is 31.3 Å². The number of H-pyrrole nitrogens is 1. The molecule has 0 fully saturated rings. The third-order valence-electron chi connectivity index (χ3n) is 3.11. The van der Waals surface area contributed by atoms with E-state index in [4.69, 9.17) is 0 Å². The molecule has 0 amide bonds. The van der Waals surface area contributed by atoms with Gasteiger partial charge in [0.15, 0.2) is 0 Å². The fourth-order valence-corrected chi connectivity index (χ4v) is 2.88. The van der Waals surface area contributed by atoms with Crippen LogP contribution in [-0.2, 0) is 30.2 Å². The molecule has 0 aromatic carbocycles. The minimum Gasteiger partial charge on any atom is -0.363 e. The largest absolute Gasteiger partial charge is 0.363 e. The molecular weight excluding hydrogens is 290 g/mol. The first-order valence-electron chi connectivity index (χ1n) is 6.87. The number of hydrogen-bond donors (Lipinski definition) is 3. The zero-order chi connectivity index (χ0) is 15.3. The van der Waals surface area contributed by atoms with Gasteiger partial charge in [0, 0.05) is 37.9 Å². The predicted molar refractivity (Wildman–Crippen MR) is 80.0 cm³/mol. The molecule has 2 aromatic rings. The fraction of sp³-hybridized carbons (Fsp3) is 0.462. The first-order chi connectivity index (χ1) is 10.0. The molecule has 3 N–H and O–H groups in total. The van der Waals surface area contributed by atoms with Gasteiger partial charge in [-0.1, -0.05) is 6.92 Å². The van der Waals surface area contributed by atoms with Crippen molar-refractivity contribution in [2.24, 2.45) is 7.05 Å². The molecule has 2 rings (SSSR count). The van der Waals surface area contributed by atoms with E-state index in [-0.39, 0.29) is 11.4 Å². The molecule has 0 saturated carbocycles. The monoisotopic (exact) mass is 311 g/mol. The van der Waals surface area contributed by atoms with Crippen molar-refractivity contribution in [1.82, 2.24) is 24.6 Å². The Morgan fingerprint density at radius 1 is 1.38 bits per heavy atom. The van der Waals surface area contributed by atoms with Crippen molar-refractivity contribution in [3.63, 3.8) is 0 Å². The highest BCUT2D eigenvalue weighted by atomic mass is 32.2. The van der Waals surface area contributed by atoms with E-state index in [1.165, 1.54) is 6.20 Å². The average molecular weight is 311 g/mol. The summed E-state index contributed by atoms with van der Waals surface area (Å²) < 4.78 is 28.7. The summed E-state index contributed by atoms with van der Waals surface area (Å²) in [6.07, 6.45) is 5.95. The highest BCUT2D eigenvalue weighted by molar-refractivity contribution is 7.89. The number of sulfonamides is 1. The molecule has 2 heterocycles. The number of hydrogen-bond acceptors (Lipinski definition) is 4. The molecular formula is C13H21N5O2S. The highest BCUT2D eigenvalue weighted by Crippen LogP contribution is 2.11. The van der Waals surface area contributed by atoms with Crippen molar-refractivity contribution in [2.75, 3.05) is 6.54 Å². The summed E-state index contributed by atoms with van der Waals surface area (Å²) in [6.45, 7) is 3.78. The Morgan fingerprint density at radius 2 is 2.19 bits per heavy atom. The van der Waals surface area contributed by atoms with E-state index in [0.717, 1.165) is 18.7 Å². The summed E-state index contributed by atoms with van der Waals surface area (Å²) in [5.41, 5.74) is 0.848. The van der Waals surface area contributed by atoms with Crippen LogP contribution in [0.3, 0.4) is 0 Å². The average Bonchev–Trinajstić information content (AvgIpc) is 3.06. The van der Waals surface area contributed by atoms with E-state index < -0.39 is 10.0 Å². The van der Waals surface area contributed by atoms with Gasteiger partial charge in [0.05, 0.1) is 11.4 Å². The van der Waals surface area contributed by atoms with Gasteiger partial charge in [-0.25, -0.2) is 18.1 Å². The molecule has 2 aromatic heterocycles. The van der Waals surface area contributed by atoms with Crippen LogP contribution in [0, 0.1) is 0 Å². The molecule has 0 aliphatic heterocycles. The Bertz CT molecular complexity index is 674. The van der Waals surface area contributed by atoms with E-state index in [2.05, 4.69) is 26.9 Å². The summed E-state index contributed by atoms with van der Waals surface area (Å²) >= 11 is 0. The maximum absolute atomic E-state index is 12.2. The number of imidazole rings is 1. The van der Waals surface area contributed by atoms with Crippen LogP contribution in [0.2, 0.25) is 0 Å². The molecule has 21 heavy (non-hydrogen) atoms. The second-order valence-corrected chi connectivity index (χ2v) is 6.58. The Morgan fingerprint density at radius 3 is 2.86 bits per heavy atom. The van der Waals surface area contributed by atoms with Crippen molar-refractivity contribution in [3.05, 3.63) is 36.2 Å².